The predicted molar refractivity (Wildman–Crippen MR) is 81.8 cm³/mol. The summed E-state index contributed by atoms with van der Waals surface area (Å²) in [5.41, 5.74) is 1.08. The molecule has 108 valence electrons. The monoisotopic (exact) mass is 265 g/mol. The lowest BCUT2D eigenvalue weighted by Crippen LogP contribution is -2.30. The molecule has 0 aliphatic rings. The van der Waals surface area contributed by atoms with Gasteiger partial charge in [0, 0.05) is 31.4 Å². The predicted octanol–water partition coefficient (Wildman–Crippen LogP) is 2.36. The SMILES string of the molecule is CCCN(CC)CCNc1nc(NCC)ncc1C. The lowest BCUT2D eigenvalue weighted by atomic mass is 10.3. The van der Waals surface area contributed by atoms with Crippen LogP contribution in [-0.4, -0.2) is 47.6 Å². The number of hydrogen-bond donors (Lipinski definition) is 2. The smallest absolute Gasteiger partial charge is 0.224 e. The van der Waals surface area contributed by atoms with E-state index in [1.807, 2.05) is 20.0 Å². The van der Waals surface area contributed by atoms with E-state index in [4.69, 9.17) is 0 Å². The Kier molecular flexibility index (Phi) is 7.18. The zero-order valence-corrected chi connectivity index (χ0v) is 12.7. The lowest BCUT2D eigenvalue weighted by molar-refractivity contribution is 0.300. The number of nitrogens with zero attached hydrogens (tertiary/aromatic N) is 3. The van der Waals surface area contributed by atoms with Crippen LogP contribution in [-0.2, 0) is 0 Å². The van der Waals surface area contributed by atoms with Gasteiger partial charge in [-0.1, -0.05) is 13.8 Å². The van der Waals surface area contributed by atoms with Crippen molar-refractivity contribution < 1.29 is 0 Å². The zero-order valence-electron chi connectivity index (χ0n) is 12.7. The molecule has 0 spiro atoms. The molecule has 0 aliphatic heterocycles. The van der Waals surface area contributed by atoms with Gasteiger partial charge in [-0.25, -0.2) is 4.98 Å². The second-order valence-corrected chi connectivity index (χ2v) is 4.62. The minimum absolute atomic E-state index is 0.691. The zero-order chi connectivity index (χ0) is 14.1. The summed E-state index contributed by atoms with van der Waals surface area (Å²) < 4.78 is 0. The van der Waals surface area contributed by atoms with E-state index in [0.29, 0.717) is 5.95 Å². The van der Waals surface area contributed by atoms with E-state index in [0.717, 1.165) is 44.1 Å². The van der Waals surface area contributed by atoms with Crippen LogP contribution in [0, 0.1) is 6.92 Å². The maximum atomic E-state index is 4.48. The highest BCUT2D eigenvalue weighted by Gasteiger charge is 2.04. The van der Waals surface area contributed by atoms with Crippen LogP contribution in [0.15, 0.2) is 6.20 Å². The Morgan fingerprint density at radius 3 is 2.58 bits per heavy atom. The van der Waals surface area contributed by atoms with Gasteiger partial charge in [0.15, 0.2) is 0 Å². The highest BCUT2D eigenvalue weighted by atomic mass is 15.2. The summed E-state index contributed by atoms with van der Waals surface area (Å²) in [6, 6.07) is 0. The van der Waals surface area contributed by atoms with E-state index in [1.54, 1.807) is 0 Å². The third-order valence-corrected chi connectivity index (χ3v) is 3.01. The number of likely N-dealkylation sites (N-methyl/N-ethyl adjacent to an activating group) is 1. The average Bonchev–Trinajstić information content (AvgIpc) is 2.41. The Hall–Kier alpha value is -1.36. The summed E-state index contributed by atoms with van der Waals surface area (Å²) in [7, 11) is 0. The second-order valence-electron chi connectivity index (χ2n) is 4.62. The topological polar surface area (TPSA) is 53.1 Å². The molecule has 19 heavy (non-hydrogen) atoms. The van der Waals surface area contributed by atoms with E-state index in [-0.39, 0.29) is 0 Å². The van der Waals surface area contributed by atoms with Crippen molar-refractivity contribution in [3.63, 3.8) is 0 Å². The molecule has 5 nitrogen and oxygen atoms in total. The molecule has 0 aliphatic carbocycles. The van der Waals surface area contributed by atoms with Crippen molar-refractivity contribution in [1.29, 1.82) is 0 Å². The normalized spacial score (nSPS) is 10.8. The number of rotatable bonds is 9. The van der Waals surface area contributed by atoms with Crippen molar-refractivity contribution in [2.45, 2.75) is 34.1 Å². The standard InChI is InChI=1S/C14H27N5/c1-5-9-19(7-3)10-8-16-13-12(4)11-17-14(18-13)15-6-2/h11H,5-10H2,1-4H3,(H2,15,16,17,18). The molecule has 1 heterocycles. The third-order valence-electron chi connectivity index (χ3n) is 3.01. The molecule has 0 atom stereocenters. The molecule has 0 radical (unpaired) electrons. The number of anilines is 2. The van der Waals surface area contributed by atoms with Crippen LogP contribution < -0.4 is 10.6 Å². The molecule has 1 aromatic heterocycles. The Morgan fingerprint density at radius 2 is 1.95 bits per heavy atom. The van der Waals surface area contributed by atoms with E-state index in [1.165, 1.54) is 6.42 Å². The van der Waals surface area contributed by atoms with Crippen LogP contribution >= 0.6 is 0 Å². The van der Waals surface area contributed by atoms with Crippen LogP contribution in [0.25, 0.3) is 0 Å². The van der Waals surface area contributed by atoms with Crippen molar-refractivity contribution in [2.75, 3.05) is 43.4 Å². The van der Waals surface area contributed by atoms with Gasteiger partial charge >= 0.3 is 0 Å². The van der Waals surface area contributed by atoms with Crippen molar-refractivity contribution >= 4 is 11.8 Å². The fraction of sp³-hybridized carbons (Fsp3) is 0.714. The van der Waals surface area contributed by atoms with Crippen LogP contribution in [0.4, 0.5) is 11.8 Å². The average molecular weight is 265 g/mol. The van der Waals surface area contributed by atoms with Crippen molar-refractivity contribution in [3.8, 4) is 0 Å². The molecule has 0 unspecified atom stereocenters. The molecule has 0 amide bonds. The van der Waals surface area contributed by atoms with Gasteiger partial charge in [0.1, 0.15) is 5.82 Å². The maximum Gasteiger partial charge on any atom is 0.224 e. The first-order valence-electron chi connectivity index (χ1n) is 7.24. The lowest BCUT2D eigenvalue weighted by Gasteiger charge is -2.20. The van der Waals surface area contributed by atoms with Crippen LogP contribution in [0.2, 0.25) is 0 Å². The number of nitrogens with one attached hydrogen (secondary N) is 2. The Morgan fingerprint density at radius 1 is 1.16 bits per heavy atom. The van der Waals surface area contributed by atoms with Gasteiger partial charge in [0.05, 0.1) is 0 Å². The van der Waals surface area contributed by atoms with Gasteiger partial charge in [0.25, 0.3) is 0 Å². The Balaban J connectivity index is 2.49. The summed E-state index contributed by atoms with van der Waals surface area (Å²) in [5, 5.41) is 6.54. The van der Waals surface area contributed by atoms with Gasteiger partial charge in [0.2, 0.25) is 5.95 Å². The highest BCUT2D eigenvalue weighted by Crippen LogP contribution is 2.11. The Bertz CT molecular complexity index is 367. The number of aryl methyl sites for hydroxylation is 1. The number of hydrogen-bond acceptors (Lipinski definition) is 5. The van der Waals surface area contributed by atoms with E-state index in [9.17, 15) is 0 Å². The molecule has 2 N–H and O–H groups in total. The molecule has 0 saturated heterocycles. The van der Waals surface area contributed by atoms with E-state index < -0.39 is 0 Å². The van der Waals surface area contributed by atoms with Crippen molar-refractivity contribution in [2.24, 2.45) is 0 Å². The quantitative estimate of drug-likeness (QED) is 0.718. The summed E-state index contributed by atoms with van der Waals surface area (Å²) in [4.78, 5) is 11.2. The van der Waals surface area contributed by atoms with Gasteiger partial charge in [-0.2, -0.15) is 4.98 Å². The molecule has 1 aromatic rings. The summed E-state index contributed by atoms with van der Waals surface area (Å²) in [5.74, 6) is 1.62. The summed E-state index contributed by atoms with van der Waals surface area (Å²) in [6.07, 6.45) is 3.06. The van der Waals surface area contributed by atoms with Crippen molar-refractivity contribution in [3.05, 3.63) is 11.8 Å². The fourth-order valence-corrected chi connectivity index (χ4v) is 1.94. The third kappa shape index (κ3) is 5.42. The molecule has 5 heteroatoms. The second kappa shape index (κ2) is 8.69. The van der Waals surface area contributed by atoms with Gasteiger partial charge in [-0.15, -0.1) is 0 Å². The first-order valence-corrected chi connectivity index (χ1v) is 7.24. The van der Waals surface area contributed by atoms with Crippen LogP contribution in [0.1, 0.15) is 32.8 Å². The largest absolute Gasteiger partial charge is 0.368 e. The van der Waals surface area contributed by atoms with Crippen LogP contribution in [0.3, 0.4) is 0 Å². The Labute approximate surface area is 116 Å². The van der Waals surface area contributed by atoms with Crippen molar-refractivity contribution in [1.82, 2.24) is 14.9 Å². The molecule has 0 saturated carbocycles. The molecular formula is C14H27N5. The van der Waals surface area contributed by atoms with Gasteiger partial charge < -0.3 is 15.5 Å². The van der Waals surface area contributed by atoms with Crippen LogP contribution in [0.5, 0.6) is 0 Å². The minimum atomic E-state index is 0.691. The van der Waals surface area contributed by atoms with Gasteiger partial charge in [-0.3, -0.25) is 0 Å². The molecule has 0 bridgehead atoms. The van der Waals surface area contributed by atoms with E-state index in [2.05, 4.69) is 39.3 Å². The number of aromatic nitrogens is 2. The van der Waals surface area contributed by atoms with E-state index >= 15 is 0 Å². The molecule has 0 aromatic carbocycles. The summed E-state index contributed by atoms with van der Waals surface area (Å²) >= 11 is 0. The highest BCUT2D eigenvalue weighted by molar-refractivity contribution is 5.46. The molecule has 0 fully saturated rings. The molecule has 1 rings (SSSR count). The fourth-order valence-electron chi connectivity index (χ4n) is 1.94. The first kappa shape index (κ1) is 15.7. The maximum absolute atomic E-state index is 4.48. The summed E-state index contributed by atoms with van der Waals surface area (Å²) in [6.45, 7) is 13.5. The molecular weight excluding hydrogens is 238 g/mol. The minimum Gasteiger partial charge on any atom is -0.368 e. The van der Waals surface area contributed by atoms with Gasteiger partial charge in [-0.05, 0) is 33.4 Å². The first-order chi connectivity index (χ1) is 9.21.